The molecule has 17 heavy (non-hydrogen) atoms. The molecule has 0 aliphatic heterocycles. The van der Waals surface area contributed by atoms with E-state index in [1.165, 1.54) is 22.0 Å². The Hall–Kier alpha value is -1.51. The van der Waals surface area contributed by atoms with Crippen LogP contribution in [-0.2, 0) is 7.05 Å². The molecule has 0 saturated heterocycles. The fraction of sp³-hybridized carbons (Fsp3) is 0.500. The van der Waals surface area contributed by atoms with Crippen LogP contribution in [0.15, 0.2) is 12.1 Å². The van der Waals surface area contributed by atoms with Gasteiger partial charge in [-0.25, -0.2) is 0 Å². The van der Waals surface area contributed by atoms with E-state index in [2.05, 4.69) is 42.9 Å². The highest BCUT2D eigenvalue weighted by Gasteiger charge is 2.13. The Labute approximate surface area is 103 Å². The van der Waals surface area contributed by atoms with E-state index in [1.807, 2.05) is 25.8 Å². The molecule has 3 heteroatoms. The third kappa shape index (κ3) is 1.90. The van der Waals surface area contributed by atoms with Crippen molar-refractivity contribution in [3.8, 4) is 0 Å². The summed E-state index contributed by atoms with van der Waals surface area (Å²) in [7, 11) is 6.08. The van der Waals surface area contributed by atoms with E-state index in [9.17, 15) is 0 Å². The fourth-order valence-electron chi connectivity index (χ4n) is 2.36. The van der Waals surface area contributed by atoms with Gasteiger partial charge in [0.05, 0.1) is 5.52 Å². The predicted molar refractivity (Wildman–Crippen MR) is 73.9 cm³/mol. The Morgan fingerprint density at radius 3 is 2.41 bits per heavy atom. The Morgan fingerprint density at radius 1 is 1.24 bits per heavy atom. The zero-order valence-corrected chi connectivity index (χ0v) is 11.6. The van der Waals surface area contributed by atoms with Gasteiger partial charge in [0.25, 0.3) is 0 Å². The molecule has 0 atom stereocenters. The smallest absolute Gasteiger partial charge is 0.158 e. The van der Waals surface area contributed by atoms with Crippen molar-refractivity contribution >= 4 is 16.7 Å². The minimum absolute atomic E-state index is 0.553. The molecule has 0 aliphatic carbocycles. The Morgan fingerprint density at radius 2 is 1.88 bits per heavy atom. The SMILES string of the molecule is Cc1cc2c(N(C)C)nn(C)c2cc1C(C)C. The van der Waals surface area contributed by atoms with Gasteiger partial charge in [0, 0.05) is 26.5 Å². The zero-order chi connectivity index (χ0) is 12.7. The van der Waals surface area contributed by atoms with E-state index >= 15 is 0 Å². The number of nitrogens with zero attached hydrogens (tertiary/aromatic N) is 3. The standard InChI is InChI=1S/C14H21N3/c1-9(2)11-8-13-12(7-10(11)3)14(16(4)5)15-17(13)6/h7-9H,1-6H3. The van der Waals surface area contributed by atoms with Gasteiger partial charge in [0.2, 0.25) is 0 Å². The largest absolute Gasteiger partial charge is 0.361 e. The van der Waals surface area contributed by atoms with Crippen molar-refractivity contribution in [2.75, 3.05) is 19.0 Å². The van der Waals surface area contributed by atoms with Crippen LogP contribution in [0.3, 0.4) is 0 Å². The van der Waals surface area contributed by atoms with Gasteiger partial charge in [-0.1, -0.05) is 13.8 Å². The van der Waals surface area contributed by atoms with Gasteiger partial charge in [-0.2, -0.15) is 5.10 Å². The molecule has 0 saturated carbocycles. The quantitative estimate of drug-likeness (QED) is 0.792. The minimum Gasteiger partial charge on any atom is -0.361 e. The first-order chi connectivity index (χ1) is 7.91. The summed E-state index contributed by atoms with van der Waals surface area (Å²) < 4.78 is 1.97. The summed E-state index contributed by atoms with van der Waals surface area (Å²) in [6.45, 7) is 6.65. The number of anilines is 1. The molecular weight excluding hydrogens is 210 g/mol. The maximum absolute atomic E-state index is 4.57. The van der Waals surface area contributed by atoms with Crippen LogP contribution in [0.4, 0.5) is 5.82 Å². The molecule has 0 spiro atoms. The number of hydrogen-bond donors (Lipinski definition) is 0. The van der Waals surface area contributed by atoms with E-state index in [4.69, 9.17) is 0 Å². The van der Waals surface area contributed by atoms with Crippen molar-refractivity contribution in [1.29, 1.82) is 0 Å². The van der Waals surface area contributed by atoms with Gasteiger partial charge >= 0.3 is 0 Å². The normalized spacial score (nSPS) is 11.5. The van der Waals surface area contributed by atoms with Crippen LogP contribution >= 0.6 is 0 Å². The minimum atomic E-state index is 0.553. The maximum atomic E-state index is 4.57. The van der Waals surface area contributed by atoms with E-state index in [-0.39, 0.29) is 0 Å². The number of benzene rings is 1. The topological polar surface area (TPSA) is 21.1 Å². The third-order valence-corrected chi connectivity index (χ3v) is 3.26. The van der Waals surface area contributed by atoms with Gasteiger partial charge < -0.3 is 4.90 Å². The van der Waals surface area contributed by atoms with Crippen molar-refractivity contribution in [2.24, 2.45) is 7.05 Å². The average molecular weight is 231 g/mol. The molecule has 0 amide bonds. The van der Waals surface area contributed by atoms with E-state index in [0.29, 0.717) is 5.92 Å². The molecular formula is C14H21N3. The Kier molecular flexibility index (Phi) is 2.86. The Bertz CT molecular complexity index is 550. The van der Waals surface area contributed by atoms with Crippen molar-refractivity contribution in [2.45, 2.75) is 26.7 Å². The molecule has 0 unspecified atom stereocenters. The van der Waals surface area contributed by atoms with Gasteiger partial charge in [-0.05, 0) is 36.1 Å². The van der Waals surface area contributed by atoms with Crippen LogP contribution in [-0.4, -0.2) is 23.9 Å². The monoisotopic (exact) mass is 231 g/mol. The van der Waals surface area contributed by atoms with Crippen LogP contribution in [0.2, 0.25) is 0 Å². The zero-order valence-electron chi connectivity index (χ0n) is 11.6. The van der Waals surface area contributed by atoms with Crippen LogP contribution in [0, 0.1) is 6.92 Å². The van der Waals surface area contributed by atoms with Gasteiger partial charge in [-0.3, -0.25) is 4.68 Å². The molecule has 1 heterocycles. The van der Waals surface area contributed by atoms with E-state index < -0.39 is 0 Å². The summed E-state index contributed by atoms with van der Waals surface area (Å²) in [4.78, 5) is 2.07. The number of aromatic nitrogens is 2. The molecule has 0 radical (unpaired) electrons. The second-order valence-electron chi connectivity index (χ2n) is 5.22. The summed E-state index contributed by atoms with van der Waals surface area (Å²) in [5.74, 6) is 1.60. The van der Waals surface area contributed by atoms with Crippen molar-refractivity contribution in [1.82, 2.24) is 9.78 Å². The number of hydrogen-bond acceptors (Lipinski definition) is 2. The summed E-state index contributed by atoms with van der Waals surface area (Å²) in [5.41, 5.74) is 3.97. The average Bonchev–Trinajstić information content (AvgIpc) is 2.54. The van der Waals surface area contributed by atoms with E-state index in [1.54, 1.807) is 0 Å². The first-order valence-electron chi connectivity index (χ1n) is 6.06. The van der Waals surface area contributed by atoms with Gasteiger partial charge in [0.1, 0.15) is 0 Å². The van der Waals surface area contributed by atoms with Crippen LogP contribution in [0.5, 0.6) is 0 Å². The van der Waals surface area contributed by atoms with Crippen LogP contribution in [0.25, 0.3) is 10.9 Å². The first-order valence-corrected chi connectivity index (χ1v) is 6.06. The highest BCUT2D eigenvalue weighted by atomic mass is 15.3. The second-order valence-corrected chi connectivity index (χ2v) is 5.22. The van der Waals surface area contributed by atoms with Crippen LogP contribution in [0.1, 0.15) is 30.9 Å². The summed E-state index contributed by atoms with van der Waals surface area (Å²) >= 11 is 0. The van der Waals surface area contributed by atoms with Crippen LogP contribution < -0.4 is 4.90 Å². The molecule has 92 valence electrons. The van der Waals surface area contributed by atoms with Crippen molar-refractivity contribution in [3.05, 3.63) is 23.3 Å². The molecule has 1 aromatic heterocycles. The molecule has 0 fully saturated rings. The lowest BCUT2D eigenvalue weighted by molar-refractivity contribution is 0.786. The summed E-state index contributed by atoms with van der Waals surface area (Å²) in [5, 5.41) is 5.81. The number of aryl methyl sites for hydroxylation is 2. The fourth-order valence-corrected chi connectivity index (χ4v) is 2.36. The molecule has 0 bridgehead atoms. The highest BCUT2D eigenvalue weighted by molar-refractivity contribution is 5.91. The molecule has 0 aliphatic rings. The third-order valence-electron chi connectivity index (χ3n) is 3.26. The lowest BCUT2D eigenvalue weighted by atomic mass is 9.96. The molecule has 2 aromatic rings. The highest BCUT2D eigenvalue weighted by Crippen LogP contribution is 2.30. The second kappa shape index (κ2) is 4.06. The summed E-state index contributed by atoms with van der Waals surface area (Å²) in [6.07, 6.45) is 0. The lowest BCUT2D eigenvalue weighted by Gasteiger charge is -2.12. The van der Waals surface area contributed by atoms with Gasteiger partial charge in [0.15, 0.2) is 5.82 Å². The Balaban J connectivity index is 2.76. The summed E-state index contributed by atoms with van der Waals surface area (Å²) in [6, 6.07) is 4.53. The lowest BCUT2D eigenvalue weighted by Crippen LogP contribution is -2.09. The molecule has 1 aromatic carbocycles. The maximum Gasteiger partial charge on any atom is 0.158 e. The number of rotatable bonds is 2. The molecule has 0 N–H and O–H groups in total. The van der Waals surface area contributed by atoms with E-state index in [0.717, 1.165) is 5.82 Å². The van der Waals surface area contributed by atoms with Crippen molar-refractivity contribution in [3.63, 3.8) is 0 Å². The van der Waals surface area contributed by atoms with Crippen molar-refractivity contribution < 1.29 is 0 Å². The molecule has 3 nitrogen and oxygen atoms in total. The predicted octanol–water partition coefficient (Wildman–Crippen LogP) is 3.07. The van der Waals surface area contributed by atoms with Gasteiger partial charge in [-0.15, -0.1) is 0 Å². The molecule has 2 rings (SSSR count). The first kappa shape index (κ1) is 12.0. The number of fused-ring (bicyclic) bond motifs is 1.